The van der Waals surface area contributed by atoms with Crippen molar-refractivity contribution in [1.82, 2.24) is 5.32 Å². The fourth-order valence-corrected chi connectivity index (χ4v) is 2.35. The monoisotopic (exact) mass is 273 g/mol. The molecule has 0 atom stereocenters. The summed E-state index contributed by atoms with van der Waals surface area (Å²) < 4.78 is 0. The topological polar surface area (TPSA) is 59.3 Å². The van der Waals surface area contributed by atoms with Crippen molar-refractivity contribution in [1.29, 1.82) is 5.26 Å². The van der Waals surface area contributed by atoms with E-state index in [1.54, 1.807) is 0 Å². The van der Waals surface area contributed by atoms with Gasteiger partial charge in [0.2, 0.25) is 0 Å². The molecule has 1 saturated carbocycles. The summed E-state index contributed by atoms with van der Waals surface area (Å²) in [4.78, 5) is 2.08. The van der Waals surface area contributed by atoms with Crippen LogP contribution in [0.4, 0.5) is 5.69 Å². The maximum absolute atomic E-state index is 9.36. The van der Waals surface area contributed by atoms with E-state index in [0.29, 0.717) is 18.2 Å². The van der Waals surface area contributed by atoms with Gasteiger partial charge in [-0.25, -0.2) is 0 Å². The minimum atomic E-state index is 0.107. The fourth-order valence-electron chi connectivity index (χ4n) is 2.35. The molecule has 4 nitrogen and oxygen atoms in total. The van der Waals surface area contributed by atoms with Gasteiger partial charge in [0, 0.05) is 25.7 Å². The second-order valence-corrected chi connectivity index (χ2v) is 5.33. The van der Waals surface area contributed by atoms with Crippen molar-refractivity contribution in [3.63, 3.8) is 0 Å². The summed E-state index contributed by atoms with van der Waals surface area (Å²) >= 11 is 0. The number of hydrogen-bond acceptors (Lipinski definition) is 4. The summed E-state index contributed by atoms with van der Waals surface area (Å²) in [6.45, 7) is 4.46. The Kier molecular flexibility index (Phi) is 5.40. The summed E-state index contributed by atoms with van der Waals surface area (Å²) in [6.07, 6.45) is 3.53. The van der Waals surface area contributed by atoms with Crippen LogP contribution < -0.4 is 10.2 Å². The number of anilines is 1. The molecule has 0 aromatic heterocycles. The molecule has 0 aliphatic heterocycles. The minimum absolute atomic E-state index is 0.107. The van der Waals surface area contributed by atoms with Gasteiger partial charge in [0.05, 0.1) is 17.9 Å². The SMILES string of the molecule is CCCN(CCO)c1ccc(CNC2CC2)cc1C#N. The van der Waals surface area contributed by atoms with Gasteiger partial charge in [0.25, 0.3) is 0 Å². The summed E-state index contributed by atoms with van der Waals surface area (Å²) in [5, 5.41) is 22.0. The summed E-state index contributed by atoms with van der Waals surface area (Å²) in [7, 11) is 0. The van der Waals surface area contributed by atoms with Gasteiger partial charge in [-0.15, -0.1) is 0 Å². The Morgan fingerprint density at radius 3 is 2.80 bits per heavy atom. The van der Waals surface area contributed by atoms with Crippen molar-refractivity contribution in [3.8, 4) is 6.07 Å². The van der Waals surface area contributed by atoms with Crippen molar-refractivity contribution in [3.05, 3.63) is 29.3 Å². The van der Waals surface area contributed by atoms with Crippen molar-refractivity contribution in [2.45, 2.75) is 38.8 Å². The molecule has 0 spiro atoms. The van der Waals surface area contributed by atoms with E-state index >= 15 is 0 Å². The summed E-state index contributed by atoms with van der Waals surface area (Å²) in [5.41, 5.74) is 2.78. The van der Waals surface area contributed by atoms with Crippen LogP contribution in [0.1, 0.15) is 37.3 Å². The van der Waals surface area contributed by atoms with Gasteiger partial charge in [0.15, 0.2) is 0 Å². The highest BCUT2D eigenvalue weighted by atomic mass is 16.3. The number of rotatable bonds is 8. The highest BCUT2D eigenvalue weighted by molar-refractivity contribution is 5.60. The largest absolute Gasteiger partial charge is 0.395 e. The molecule has 20 heavy (non-hydrogen) atoms. The first-order chi connectivity index (χ1) is 9.78. The normalized spacial score (nSPS) is 14.1. The molecular formula is C16H23N3O. The van der Waals surface area contributed by atoms with E-state index in [1.165, 1.54) is 12.8 Å². The highest BCUT2D eigenvalue weighted by Crippen LogP contribution is 2.23. The molecule has 2 N–H and O–H groups in total. The number of benzene rings is 1. The Bertz CT molecular complexity index is 471. The third-order valence-electron chi connectivity index (χ3n) is 3.56. The zero-order chi connectivity index (χ0) is 14.4. The van der Waals surface area contributed by atoms with Crippen molar-refractivity contribution in [2.75, 3.05) is 24.6 Å². The van der Waals surface area contributed by atoms with Gasteiger partial charge in [-0.05, 0) is 37.0 Å². The van der Waals surface area contributed by atoms with Gasteiger partial charge < -0.3 is 15.3 Å². The zero-order valence-electron chi connectivity index (χ0n) is 12.1. The molecule has 0 saturated heterocycles. The zero-order valence-corrected chi connectivity index (χ0v) is 12.1. The van der Waals surface area contributed by atoms with Crippen LogP contribution in [0.3, 0.4) is 0 Å². The quantitative estimate of drug-likeness (QED) is 0.761. The Balaban J connectivity index is 2.12. The van der Waals surface area contributed by atoms with Crippen LogP contribution in [-0.2, 0) is 6.54 Å². The lowest BCUT2D eigenvalue weighted by molar-refractivity contribution is 0.302. The van der Waals surface area contributed by atoms with Crippen molar-refractivity contribution >= 4 is 5.69 Å². The van der Waals surface area contributed by atoms with Crippen LogP contribution in [0.15, 0.2) is 18.2 Å². The number of nitrogens with zero attached hydrogens (tertiary/aromatic N) is 2. The number of nitrogens with one attached hydrogen (secondary N) is 1. The van der Waals surface area contributed by atoms with Crippen LogP contribution in [0.5, 0.6) is 0 Å². The second kappa shape index (κ2) is 7.28. The molecule has 0 unspecified atom stereocenters. The van der Waals surface area contributed by atoms with Crippen molar-refractivity contribution < 1.29 is 5.11 Å². The molecule has 0 amide bonds. The predicted octanol–water partition coefficient (Wildman–Crippen LogP) is 2.02. The van der Waals surface area contributed by atoms with Crippen LogP contribution in [0, 0.1) is 11.3 Å². The summed E-state index contributed by atoms with van der Waals surface area (Å²) in [5.74, 6) is 0. The molecule has 1 aliphatic rings. The predicted molar refractivity (Wildman–Crippen MR) is 80.6 cm³/mol. The van der Waals surface area contributed by atoms with E-state index < -0.39 is 0 Å². The Morgan fingerprint density at radius 1 is 1.40 bits per heavy atom. The van der Waals surface area contributed by atoms with E-state index in [4.69, 9.17) is 5.11 Å². The van der Waals surface area contributed by atoms with Gasteiger partial charge in [-0.3, -0.25) is 0 Å². The Hall–Kier alpha value is -1.57. The van der Waals surface area contributed by atoms with Crippen molar-refractivity contribution in [2.24, 2.45) is 0 Å². The third kappa shape index (κ3) is 3.96. The lowest BCUT2D eigenvalue weighted by Crippen LogP contribution is -2.28. The highest BCUT2D eigenvalue weighted by Gasteiger charge is 2.20. The molecule has 0 bridgehead atoms. The molecule has 1 aromatic rings. The van der Waals surface area contributed by atoms with Crippen LogP contribution >= 0.6 is 0 Å². The van der Waals surface area contributed by atoms with Crippen LogP contribution in [0.2, 0.25) is 0 Å². The number of aliphatic hydroxyl groups is 1. The maximum Gasteiger partial charge on any atom is 0.101 e. The number of nitriles is 1. The van der Waals surface area contributed by atoms with E-state index in [9.17, 15) is 5.26 Å². The number of hydrogen-bond donors (Lipinski definition) is 2. The summed E-state index contributed by atoms with van der Waals surface area (Å²) in [6, 6.07) is 9.00. The molecule has 0 heterocycles. The molecule has 108 valence electrons. The van der Waals surface area contributed by atoms with E-state index in [1.807, 2.05) is 12.1 Å². The average Bonchev–Trinajstić information content (AvgIpc) is 3.29. The smallest absolute Gasteiger partial charge is 0.101 e. The molecule has 4 heteroatoms. The van der Waals surface area contributed by atoms with Gasteiger partial charge >= 0.3 is 0 Å². The van der Waals surface area contributed by atoms with E-state index in [0.717, 1.165) is 30.8 Å². The first kappa shape index (κ1) is 14.8. The molecule has 0 radical (unpaired) electrons. The Labute approximate surface area is 121 Å². The lowest BCUT2D eigenvalue weighted by atomic mass is 10.1. The fraction of sp³-hybridized carbons (Fsp3) is 0.562. The van der Waals surface area contributed by atoms with E-state index in [-0.39, 0.29) is 6.61 Å². The van der Waals surface area contributed by atoms with Gasteiger partial charge in [-0.2, -0.15) is 5.26 Å². The average molecular weight is 273 g/mol. The molecule has 1 aliphatic carbocycles. The van der Waals surface area contributed by atoms with Gasteiger partial charge in [-0.1, -0.05) is 13.0 Å². The molecular weight excluding hydrogens is 250 g/mol. The number of aliphatic hydroxyl groups excluding tert-OH is 1. The lowest BCUT2D eigenvalue weighted by Gasteiger charge is -2.24. The van der Waals surface area contributed by atoms with Crippen LogP contribution in [-0.4, -0.2) is 30.8 Å². The third-order valence-corrected chi connectivity index (χ3v) is 3.56. The second-order valence-electron chi connectivity index (χ2n) is 5.33. The first-order valence-corrected chi connectivity index (χ1v) is 7.40. The van der Waals surface area contributed by atoms with Gasteiger partial charge in [0.1, 0.15) is 6.07 Å². The first-order valence-electron chi connectivity index (χ1n) is 7.40. The maximum atomic E-state index is 9.36. The Morgan fingerprint density at radius 2 is 2.20 bits per heavy atom. The minimum Gasteiger partial charge on any atom is -0.395 e. The molecule has 1 fully saturated rings. The van der Waals surface area contributed by atoms with Crippen LogP contribution in [0.25, 0.3) is 0 Å². The van der Waals surface area contributed by atoms with E-state index in [2.05, 4.69) is 29.3 Å². The molecule has 2 rings (SSSR count). The standard InChI is InChI=1S/C16H23N3O/c1-2-7-19(8-9-20)16-6-3-13(10-14(16)11-17)12-18-15-4-5-15/h3,6,10,15,18,20H,2,4-5,7-9,12H2,1H3. The molecule has 1 aromatic carbocycles.